The fourth-order valence-electron chi connectivity index (χ4n) is 1.60. The zero-order valence-electron chi connectivity index (χ0n) is 9.65. The zero-order chi connectivity index (χ0) is 13.5. The van der Waals surface area contributed by atoms with Crippen LogP contribution < -0.4 is 0 Å². The van der Waals surface area contributed by atoms with Crippen molar-refractivity contribution in [2.75, 3.05) is 5.75 Å². The topological polar surface area (TPSA) is 38.9 Å². The highest BCUT2D eigenvalue weighted by molar-refractivity contribution is 7.99. The molecule has 19 heavy (non-hydrogen) atoms. The van der Waals surface area contributed by atoms with E-state index < -0.39 is 4.33 Å². The van der Waals surface area contributed by atoms with E-state index in [0.717, 1.165) is 17.7 Å². The molecule has 0 aliphatic heterocycles. The van der Waals surface area contributed by atoms with Gasteiger partial charge in [-0.2, -0.15) is 0 Å². The maximum atomic E-state index is 5.96. The lowest BCUT2D eigenvalue weighted by Crippen LogP contribution is -1.92. The van der Waals surface area contributed by atoms with Crippen LogP contribution in [0.5, 0.6) is 0 Å². The summed E-state index contributed by atoms with van der Waals surface area (Å²) in [6.07, 6.45) is 0.821. The van der Waals surface area contributed by atoms with Crippen molar-refractivity contribution in [2.45, 2.75) is 16.0 Å². The maximum Gasteiger partial charge on any atom is 0.276 e. The van der Waals surface area contributed by atoms with Crippen LogP contribution in [0.15, 0.2) is 33.9 Å². The van der Waals surface area contributed by atoms with Gasteiger partial charge in [0.2, 0.25) is 5.89 Å². The summed E-state index contributed by atoms with van der Waals surface area (Å²) in [4.78, 5) is 0. The Kier molecular flexibility index (Phi) is 3.69. The number of rotatable bonds is 4. The predicted octanol–water partition coefficient (Wildman–Crippen LogP) is 4.68. The lowest BCUT2D eigenvalue weighted by atomic mass is 10.2. The number of halogens is 3. The molecule has 1 heterocycles. The molecule has 0 N–H and O–H groups in total. The predicted molar refractivity (Wildman–Crippen MR) is 78.0 cm³/mol. The summed E-state index contributed by atoms with van der Waals surface area (Å²) in [6.45, 7) is 0. The van der Waals surface area contributed by atoms with Gasteiger partial charge in [-0.05, 0) is 30.7 Å². The van der Waals surface area contributed by atoms with Gasteiger partial charge in [0.1, 0.15) is 4.33 Å². The van der Waals surface area contributed by atoms with E-state index in [9.17, 15) is 0 Å². The molecule has 0 bridgehead atoms. The molecule has 0 saturated heterocycles. The van der Waals surface area contributed by atoms with Gasteiger partial charge < -0.3 is 4.42 Å². The van der Waals surface area contributed by atoms with Gasteiger partial charge >= 0.3 is 0 Å². The van der Waals surface area contributed by atoms with Gasteiger partial charge in [0, 0.05) is 22.3 Å². The zero-order valence-corrected chi connectivity index (χ0v) is 12.7. The Morgan fingerprint density at radius 2 is 1.95 bits per heavy atom. The summed E-state index contributed by atoms with van der Waals surface area (Å²) < 4.78 is 5.00. The number of nitrogens with zero attached hydrogens (tertiary/aromatic N) is 2. The molecule has 3 nitrogen and oxygen atoms in total. The van der Waals surface area contributed by atoms with Crippen molar-refractivity contribution in [1.29, 1.82) is 0 Å². The molecule has 1 unspecified atom stereocenters. The number of thioether (sulfide) groups is 1. The van der Waals surface area contributed by atoms with E-state index in [1.54, 1.807) is 12.1 Å². The average molecular weight is 336 g/mol. The van der Waals surface area contributed by atoms with Crippen molar-refractivity contribution in [3.05, 3.63) is 29.3 Å². The second kappa shape index (κ2) is 5.17. The molecule has 1 saturated carbocycles. The van der Waals surface area contributed by atoms with Gasteiger partial charge in [0.05, 0.1) is 0 Å². The van der Waals surface area contributed by atoms with Crippen molar-refractivity contribution in [2.24, 2.45) is 5.92 Å². The van der Waals surface area contributed by atoms with Gasteiger partial charge in [-0.15, -0.1) is 33.4 Å². The first-order chi connectivity index (χ1) is 9.04. The minimum atomic E-state index is -0.563. The maximum absolute atomic E-state index is 5.96. The van der Waals surface area contributed by atoms with Crippen LogP contribution >= 0.6 is 46.6 Å². The molecule has 0 radical (unpaired) electrons. The van der Waals surface area contributed by atoms with E-state index in [0.29, 0.717) is 22.1 Å². The van der Waals surface area contributed by atoms with Gasteiger partial charge in [-0.3, -0.25) is 0 Å². The Morgan fingerprint density at radius 1 is 1.26 bits per heavy atom. The molecular formula is C12H9Cl3N2OS. The molecule has 7 heteroatoms. The third-order valence-electron chi connectivity index (χ3n) is 2.86. The summed E-state index contributed by atoms with van der Waals surface area (Å²) in [5, 5.41) is 9.20. The molecule has 0 spiro atoms. The van der Waals surface area contributed by atoms with E-state index in [1.807, 2.05) is 12.1 Å². The van der Waals surface area contributed by atoms with Crippen molar-refractivity contribution >= 4 is 46.6 Å². The number of benzene rings is 1. The Balaban J connectivity index is 1.64. The van der Waals surface area contributed by atoms with E-state index in [-0.39, 0.29) is 0 Å². The van der Waals surface area contributed by atoms with E-state index >= 15 is 0 Å². The SMILES string of the molecule is Clc1ccc(-c2nnc(SCC3CC3(Cl)Cl)o2)cc1. The number of hydrogen-bond donors (Lipinski definition) is 0. The summed E-state index contributed by atoms with van der Waals surface area (Å²) in [5.41, 5.74) is 0.846. The fourth-order valence-corrected chi connectivity index (χ4v) is 3.42. The highest BCUT2D eigenvalue weighted by Gasteiger charge is 2.51. The normalized spacial score (nSPS) is 20.5. The van der Waals surface area contributed by atoms with Crippen LogP contribution in [0.25, 0.3) is 11.5 Å². The van der Waals surface area contributed by atoms with Crippen molar-refractivity contribution in [1.82, 2.24) is 10.2 Å². The van der Waals surface area contributed by atoms with Gasteiger partial charge in [0.15, 0.2) is 0 Å². The van der Waals surface area contributed by atoms with Crippen LogP contribution in [0.2, 0.25) is 5.02 Å². The van der Waals surface area contributed by atoms with Crippen molar-refractivity contribution < 1.29 is 4.42 Å². The summed E-state index contributed by atoms with van der Waals surface area (Å²) in [5.74, 6) is 1.57. The number of hydrogen-bond acceptors (Lipinski definition) is 4. The quantitative estimate of drug-likeness (QED) is 0.601. The van der Waals surface area contributed by atoms with Crippen LogP contribution in [0, 0.1) is 5.92 Å². The molecule has 1 atom stereocenters. The first-order valence-electron chi connectivity index (χ1n) is 5.65. The molecule has 1 aromatic carbocycles. The first kappa shape index (κ1) is 13.6. The molecule has 1 aliphatic rings. The molecule has 1 aromatic heterocycles. The van der Waals surface area contributed by atoms with Crippen molar-refractivity contribution in [3.63, 3.8) is 0 Å². The Hall–Kier alpha value is -0.420. The second-order valence-electron chi connectivity index (χ2n) is 4.35. The highest BCUT2D eigenvalue weighted by Crippen LogP contribution is 2.54. The third-order valence-corrected chi connectivity index (χ3v) is 5.02. The average Bonchev–Trinajstić information content (AvgIpc) is 2.79. The molecule has 2 aromatic rings. The van der Waals surface area contributed by atoms with Crippen LogP contribution in [0.4, 0.5) is 0 Å². The van der Waals surface area contributed by atoms with E-state index in [2.05, 4.69) is 10.2 Å². The smallest absolute Gasteiger partial charge is 0.276 e. The monoisotopic (exact) mass is 334 g/mol. The standard InChI is InChI=1S/C12H9Cl3N2OS/c13-9-3-1-7(2-4-9)10-16-17-11(18-10)19-6-8-5-12(8,14)15/h1-4,8H,5-6H2. The van der Waals surface area contributed by atoms with E-state index in [1.165, 1.54) is 11.8 Å². The number of aromatic nitrogens is 2. The summed E-state index contributed by atoms with van der Waals surface area (Å²) in [6, 6.07) is 7.25. The molecule has 100 valence electrons. The lowest BCUT2D eigenvalue weighted by molar-refractivity contribution is 0.465. The number of alkyl halides is 2. The van der Waals surface area contributed by atoms with Crippen LogP contribution in [-0.4, -0.2) is 20.3 Å². The van der Waals surface area contributed by atoms with Crippen molar-refractivity contribution in [3.8, 4) is 11.5 Å². The Labute approximate surface area is 129 Å². The molecule has 1 aliphatic carbocycles. The Morgan fingerprint density at radius 3 is 2.58 bits per heavy atom. The minimum absolute atomic E-state index is 0.298. The van der Waals surface area contributed by atoms with Crippen LogP contribution in [-0.2, 0) is 0 Å². The lowest BCUT2D eigenvalue weighted by Gasteiger charge is -1.96. The van der Waals surface area contributed by atoms with Gasteiger partial charge in [0.25, 0.3) is 5.22 Å². The molecule has 3 rings (SSSR count). The van der Waals surface area contributed by atoms with E-state index in [4.69, 9.17) is 39.2 Å². The highest BCUT2D eigenvalue weighted by atomic mass is 35.5. The minimum Gasteiger partial charge on any atom is -0.411 e. The first-order valence-corrected chi connectivity index (χ1v) is 7.76. The fraction of sp³-hybridized carbons (Fsp3) is 0.333. The van der Waals surface area contributed by atoms with Crippen LogP contribution in [0.3, 0.4) is 0 Å². The Bertz CT molecular complexity index is 585. The second-order valence-corrected chi connectivity index (χ2v) is 7.30. The molecule has 0 amide bonds. The van der Waals surface area contributed by atoms with Gasteiger partial charge in [-0.25, -0.2) is 0 Å². The molecular weight excluding hydrogens is 327 g/mol. The summed E-state index contributed by atoms with van der Waals surface area (Å²) >= 11 is 19.2. The van der Waals surface area contributed by atoms with Gasteiger partial charge in [-0.1, -0.05) is 23.4 Å². The largest absolute Gasteiger partial charge is 0.411 e. The summed E-state index contributed by atoms with van der Waals surface area (Å²) in [7, 11) is 0. The third kappa shape index (κ3) is 3.19. The van der Waals surface area contributed by atoms with Crippen LogP contribution in [0.1, 0.15) is 6.42 Å². The molecule has 1 fully saturated rings.